The lowest BCUT2D eigenvalue weighted by atomic mass is 9.44. The third-order valence-corrected chi connectivity index (χ3v) is 11.0. The molecule has 0 aromatic heterocycles. The molecule has 6 nitrogen and oxygen atoms in total. The maximum Gasteiger partial charge on any atom is 0.328 e. The Kier molecular flexibility index (Phi) is 7.18. The molecule has 0 bridgehead atoms. The second kappa shape index (κ2) is 9.49. The molecule has 4 aliphatic rings. The summed E-state index contributed by atoms with van der Waals surface area (Å²) in [6, 6.07) is -1.23. The molecule has 4 unspecified atom stereocenters. The summed E-state index contributed by atoms with van der Waals surface area (Å²) in [5.74, 6) is 1.73. The van der Waals surface area contributed by atoms with E-state index >= 15 is 0 Å². The van der Waals surface area contributed by atoms with Gasteiger partial charge in [-0.2, -0.15) is 0 Å². The van der Waals surface area contributed by atoms with E-state index in [-0.39, 0.29) is 23.8 Å². The molecule has 0 heterocycles. The molecule has 4 saturated carbocycles. The molecule has 4 rings (SSSR count). The Hall–Kier alpha value is -1.14. The highest BCUT2D eigenvalue weighted by Crippen LogP contribution is 2.68. The van der Waals surface area contributed by atoms with Gasteiger partial charge in [0.05, 0.1) is 12.7 Å². The Labute approximate surface area is 198 Å². The number of fused-ring (bicyclic) bond motifs is 5. The minimum atomic E-state index is -1.23. The Balaban J connectivity index is 1.42. The van der Waals surface area contributed by atoms with Gasteiger partial charge in [-0.05, 0) is 97.7 Å². The monoisotopic (exact) mass is 463 g/mol. The van der Waals surface area contributed by atoms with E-state index in [0.717, 1.165) is 19.3 Å². The molecule has 0 radical (unpaired) electrons. The molecule has 0 aromatic rings. The Morgan fingerprint density at radius 3 is 2.45 bits per heavy atom. The Morgan fingerprint density at radius 2 is 1.76 bits per heavy atom. The van der Waals surface area contributed by atoms with Crippen LogP contribution in [0.5, 0.6) is 0 Å². The van der Waals surface area contributed by atoms with E-state index in [0.29, 0.717) is 40.9 Å². The van der Waals surface area contributed by atoms with Crippen molar-refractivity contribution < 1.29 is 24.9 Å². The topological polar surface area (TPSA) is 107 Å². The number of aliphatic hydroxyl groups excluding tert-OH is 2. The predicted octanol–water partition coefficient (Wildman–Crippen LogP) is 3.98. The van der Waals surface area contributed by atoms with E-state index in [2.05, 4.69) is 26.1 Å². The number of carboxylic acids is 1. The van der Waals surface area contributed by atoms with Crippen LogP contribution in [0.3, 0.4) is 0 Å². The number of nitrogens with one attached hydrogen (secondary N) is 1. The maximum atomic E-state index is 12.3. The second-order valence-corrected chi connectivity index (χ2v) is 12.4. The number of carboxylic acid groups (broad SMARTS) is 1. The second-order valence-electron chi connectivity index (χ2n) is 12.4. The van der Waals surface area contributed by atoms with Crippen LogP contribution < -0.4 is 5.32 Å². The molecular weight excluding hydrogens is 418 g/mol. The molecule has 4 fully saturated rings. The standard InChI is InChI=1S/C27H45NO5/c1-16(7-10-23(31)28-21(15-29)25(32)33)18-8-9-19-24-20(11-13-27(18,19)3)26(2)12-5-4-6-17(26)14-22(24)30/h16-22,24,29-30H,4-15H2,1-3H3,(H,28,31)(H,32,33)/t16-,17?,18-,19?,20?,21+,22-,24?,26+,27-/m1/s1. The van der Waals surface area contributed by atoms with Gasteiger partial charge >= 0.3 is 5.97 Å². The smallest absolute Gasteiger partial charge is 0.328 e. The molecule has 6 heteroatoms. The number of amides is 1. The first kappa shape index (κ1) is 25.0. The van der Waals surface area contributed by atoms with Crippen LogP contribution in [0.15, 0.2) is 0 Å². The number of hydrogen-bond acceptors (Lipinski definition) is 4. The van der Waals surface area contributed by atoms with Gasteiger partial charge in [0.25, 0.3) is 0 Å². The highest BCUT2D eigenvalue weighted by molar-refractivity contribution is 5.83. The van der Waals surface area contributed by atoms with Crippen LogP contribution in [0.2, 0.25) is 0 Å². The molecular formula is C27H45NO5. The van der Waals surface area contributed by atoms with Crippen LogP contribution in [0.1, 0.15) is 91.4 Å². The van der Waals surface area contributed by atoms with Crippen molar-refractivity contribution in [2.75, 3.05) is 6.61 Å². The summed E-state index contributed by atoms with van der Waals surface area (Å²) < 4.78 is 0. The quantitative estimate of drug-likeness (QED) is 0.457. The zero-order valence-corrected chi connectivity index (χ0v) is 20.8. The lowest BCUT2D eigenvalue weighted by Gasteiger charge is -2.62. The van der Waals surface area contributed by atoms with Crippen LogP contribution in [0.25, 0.3) is 0 Å². The van der Waals surface area contributed by atoms with Gasteiger partial charge in [-0.15, -0.1) is 0 Å². The van der Waals surface area contributed by atoms with Crippen molar-refractivity contribution in [2.24, 2.45) is 46.3 Å². The fourth-order valence-electron chi connectivity index (χ4n) is 9.24. The third kappa shape index (κ3) is 4.35. The van der Waals surface area contributed by atoms with Crippen molar-refractivity contribution in [3.8, 4) is 0 Å². The van der Waals surface area contributed by atoms with Gasteiger partial charge in [-0.1, -0.05) is 33.6 Å². The summed E-state index contributed by atoms with van der Waals surface area (Å²) in [6.07, 6.45) is 11.9. The Morgan fingerprint density at radius 1 is 1.03 bits per heavy atom. The molecule has 4 N–H and O–H groups in total. The molecule has 188 valence electrons. The van der Waals surface area contributed by atoms with Crippen LogP contribution in [-0.4, -0.2) is 45.9 Å². The van der Waals surface area contributed by atoms with E-state index < -0.39 is 18.6 Å². The summed E-state index contributed by atoms with van der Waals surface area (Å²) in [6.45, 7) is 6.64. The van der Waals surface area contributed by atoms with E-state index in [4.69, 9.17) is 10.2 Å². The average molecular weight is 464 g/mol. The number of aliphatic hydroxyl groups is 2. The summed E-state index contributed by atoms with van der Waals surface area (Å²) >= 11 is 0. The van der Waals surface area contributed by atoms with Crippen molar-refractivity contribution in [2.45, 2.75) is 104 Å². The largest absolute Gasteiger partial charge is 0.480 e. The zero-order chi connectivity index (χ0) is 24.0. The number of carbonyl (C=O) groups excluding carboxylic acids is 1. The minimum Gasteiger partial charge on any atom is -0.480 e. The molecule has 0 saturated heterocycles. The van der Waals surface area contributed by atoms with Gasteiger partial charge in [0.2, 0.25) is 5.91 Å². The van der Waals surface area contributed by atoms with Gasteiger partial charge in [0.1, 0.15) is 6.04 Å². The van der Waals surface area contributed by atoms with E-state index in [9.17, 15) is 14.7 Å². The SMILES string of the molecule is C[C@H](CCC(=O)N[C@@H](CO)C(=O)O)[C@H]1CCC2C3C(CC[C@@]21C)[C@@]1(C)CCCCC1C[C@H]3O. The molecule has 33 heavy (non-hydrogen) atoms. The lowest BCUT2D eigenvalue weighted by molar-refractivity contribution is -0.164. The average Bonchev–Trinajstić information content (AvgIpc) is 3.13. The van der Waals surface area contributed by atoms with Crippen LogP contribution in [0.4, 0.5) is 0 Å². The number of aliphatic carboxylic acids is 1. The first-order chi connectivity index (χ1) is 15.6. The van der Waals surface area contributed by atoms with Crippen molar-refractivity contribution in [1.82, 2.24) is 5.32 Å². The minimum absolute atomic E-state index is 0.165. The fourth-order valence-corrected chi connectivity index (χ4v) is 9.24. The van der Waals surface area contributed by atoms with Gasteiger partial charge in [0.15, 0.2) is 0 Å². The van der Waals surface area contributed by atoms with Gasteiger partial charge in [0, 0.05) is 6.42 Å². The summed E-state index contributed by atoms with van der Waals surface area (Å²) in [7, 11) is 0. The molecule has 0 aliphatic heterocycles. The third-order valence-electron chi connectivity index (χ3n) is 11.0. The molecule has 0 spiro atoms. The lowest BCUT2D eigenvalue weighted by Crippen LogP contribution is -2.57. The van der Waals surface area contributed by atoms with Gasteiger partial charge in [-0.3, -0.25) is 4.79 Å². The number of hydrogen-bond donors (Lipinski definition) is 4. The maximum absolute atomic E-state index is 12.3. The zero-order valence-electron chi connectivity index (χ0n) is 20.8. The predicted molar refractivity (Wildman–Crippen MR) is 126 cm³/mol. The first-order valence-electron chi connectivity index (χ1n) is 13.4. The van der Waals surface area contributed by atoms with Crippen molar-refractivity contribution >= 4 is 11.9 Å². The van der Waals surface area contributed by atoms with Crippen LogP contribution in [0, 0.1) is 46.3 Å². The van der Waals surface area contributed by atoms with Crippen molar-refractivity contribution in [3.63, 3.8) is 0 Å². The van der Waals surface area contributed by atoms with Crippen LogP contribution >= 0.6 is 0 Å². The van der Waals surface area contributed by atoms with E-state index in [1.165, 1.54) is 44.9 Å². The number of carbonyl (C=O) groups is 2. The first-order valence-corrected chi connectivity index (χ1v) is 13.4. The van der Waals surface area contributed by atoms with Gasteiger partial charge in [-0.25, -0.2) is 4.79 Å². The summed E-state index contributed by atoms with van der Waals surface area (Å²) in [4.78, 5) is 23.4. The highest BCUT2D eigenvalue weighted by atomic mass is 16.4. The summed E-state index contributed by atoms with van der Waals surface area (Å²) in [5, 5.41) is 32.0. The normalized spacial score (nSPS) is 44.2. The fraction of sp³-hybridized carbons (Fsp3) is 0.926. The van der Waals surface area contributed by atoms with E-state index in [1.54, 1.807) is 0 Å². The molecule has 4 aliphatic carbocycles. The van der Waals surface area contributed by atoms with E-state index in [1.807, 2.05) is 0 Å². The number of rotatable bonds is 7. The molecule has 0 aromatic carbocycles. The van der Waals surface area contributed by atoms with Gasteiger partial charge < -0.3 is 20.6 Å². The van der Waals surface area contributed by atoms with Crippen LogP contribution in [-0.2, 0) is 9.59 Å². The highest BCUT2D eigenvalue weighted by Gasteiger charge is 2.62. The van der Waals surface area contributed by atoms with Crippen molar-refractivity contribution in [3.05, 3.63) is 0 Å². The van der Waals surface area contributed by atoms with Crippen molar-refractivity contribution in [1.29, 1.82) is 0 Å². The Bertz CT molecular complexity index is 742. The molecule has 10 atom stereocenters. The summed E-state index contributed by atoms with van der Waals surface area (Å²) in [5.41, 5.74) is 0.614. The molecule has 1 amide bonds.